The molecule has 0 aromatic rings. The van der Waals surface area contributed by atoms with Crippen LogP contribution >= 0.6 is 7.82 Å². The van der Waals surface area contributed by atoms with Gasteiger partial charge in [-0.2, -0.15) is 0 Å². The molecule has 51 heavy (non-hydrogen) atoms. The lowest BCUT2D eigenvalue weighted by Crippen LogP contribution is -2.28. The van der Waals surface area contributed by atoms with Gasteiger partial charge >= 0.3 is 13.8 Å². The number of nitrogens with two attached hydrogens (primary N) is 1. The van der Waals surface area contributed by atoms with Gasteiger partial charge < -0.3 is 20.1 Å². The van der Waals surface area contributed by atoms with Crippen molar-refractivity contribution in [3.63, 3.8) is 0 Å². The average Bonchev–Trinajstić information content (AvgIpc) is 3.12. The molecule has 3 N–H and O–H groups in total. The molecule has 0 aliphatic rings. The van der Waals surface area contributed by atoms with Crippen LogP contribution in [0.3, 0.4) is 0 Å². The molecule has 0 aromatic heterocycles. The van der Waals surface area contributed by atoms with Gasteiger partial charge in [-0.1, -0.05) is 147 Å². The van der Waals surface area contributed by atoms with Crippen molar-refractivity contribution in [2.24, 2.45) is 5.73 Å². The summed E-state index contributed by atoms with van der Waals surface area (Å²) in [6.07, 6.45) is 44.4. The van der Waals surface area contributed by atoms with Crippen LogP contribution in [0.4, 0.5) is 0 Å². The third-order valence-corrected chi connectivity index (χ3v) is 9.76. The minimum Gasteiger partial charge on any atom is -0.457 e. The van der Waals surface area contributed by atoms with Crippen molar-refractivity contribution >= 4 is 13.8 Å². The van der Waals surface area contributed by atoms with Crippen LogP contribution in [0, 0.1) is 0 Å². The molecule has 0 saturated carbocycles. The Morgan fingerprint density at radius 2 is 1.04 bits per heavy atom. The van der Waals surface area contributed by atoms with Crippen LogP contribution < -0.4 is 5.73 Å². The smallest absolute Gasteiger partial charge is 0.457 e. The number of allylic oxidation sites excluding steroid dienone is 6. The van der Waals surface area contributed by atoms with E-state index in [4.69, 9.17) is 24.3 Å². The van der Waals surface area contributed by atoms with Crippen molar-refractivity contribution in [2.45, 2.75) is 193 Å². The molecule has 0 rings (SSSR count). The second-order valence-electron chi connectivity index (χ2n) is 13.8. The van der Waals surface area contributed by atoms with Crippen molar-refractivity contribution < 1.29 is 32.8 Å². The van der Waals surface area contributed by atoms with E-state index < -0.39 is 13.9 Å². The Kier molecular flexibility index (Phi) is 38.9. The summed E-state index contributed by atoms with van der Waals surface area (Å²) in [7, 11) is -4.28. The van der Waals surface area contributed by atoms with Crippen molar-refractivity contribution in [3.05, 3.63) is 36.5 Å². The number of ether oxygens (including phenoxy) is 2. The van der Waals surface area contributed by atoms with E-state index in [9.17, 15) is 14.3 Å². The van der Waals surface area contributed by atoms with Crippen LogP contribution in [-0.2, 0) is 27.9 Å². The molecule has 0 aliphatic heterocycles. The first-order valence-electron chi connectivity index (χ1n) is 21.0. The normalized spacial score (nSPS) is 13.9. The average molecular weight is 742 g/mol. The summed E-state index contributed by atoms with van der Waals surface area (Å²) in [6, 6.07) is 0. The second kappa shape index (κ2) is 39.9. The molecule has 0 aromatic carbocycles. The van der Waals surface area contributed by atoms with Gasteiger partial charge in [0.15, 0.2) is 0 Å². The molecule has 0 amide bonds. The lowest BCUT2D eigenvalue weighted by Gasteiger charge is -2.20. The number of hydrogen-bond acceptors (Lipinski definition) is 7. The summed E-state index contributed by atoms with van der Waals surface area (Å²) < 4.78 is 33.4. The third kappa shape index (κ3) is 39.8. The van der Waals surface area contributed by atoms with Crippen molar-refractivity contribution in [1.82, 2.24) is 0 Å². The molecular formula is C42H80NO7P. The number of carbonyl (C=O) groups is 1. The third-order valence-electron chi connectivity index (χ3n) is 8.78. The van der Waals surface area contributed by atoms with Crippen molar-refractivity contribution in [2.75, 3.05) is 33.0 Å². The maximum Gasteiger partial charge on any atom is 0.472 e. The molecule has 0 spiro atoms. The monoisotopic (exact) mass is 742 g/mol. The van der Waals surface area contributed by atoms with Crippen LogP contribution in [0.2, 0.25) is 0 Å². The van der Waals surface area contributed by atoms with Gasteiger partial charge in [0.05, 0.1) is 19.8 Å². The molecule has 0 saturated heterocycles. The maximum absolute atomic E-state index is 12.6. The van der Waals surface area contributed by atoms with E-state index in [1.165, 1.54) is 109 Å². The first kappa shape index (κ1) is 49.7. The fourth-order valence-corrected chi connectivity index (χ4v) is 6.43. The largest absolute Gasteiger partial charge is 0.472 e. The van der Waals surface area contributed by atoms with Gasteiger partial charge in [0.2, 0.25) is 0 Å². The molecule has 8 nitrogen and oxygen atoms in total. The van der Waals surface area contributed by atoms with Gasteiger partial charge in [-0.15, -0.1) is 0 Å². The molecule has 300 valence electrons. The van der Waals surface area contributed by atoms with Gasteiger partial charge in [-0.3, -0.25) is 13.8 Å². The number of hydrogen-bond donors (Lipinski definition) is 2. The predicted octanol–water partition coefficient (Wildman–Crippen LogP) is 12.2. The Morgan fingerprint density at radius 1 is 0.588 bits per heavy atom. The van der Waals surface area contributed by atoms with Crippen LogP contribution in [0.25, 0.3) is 0 Å². The Bertz CT molecular complexity index is 879. The summed E-state index contributed by atoms with van der Waals surface area (Å²) >= 11 is 0. The topological polar surface area (TPSA) is 117 Å². The van der Waals surface area contributed by atoms with E-state index in [0.29, 0.717) is 13.0 Å². The molecule has 2 unspecified atom stereocenters. The Morgan fingerprint density at radius 3 is 1.57 bits per heavy atom. The fraction of sp³-hybridized carbons (Fsp3) is 0.833. The predicted molar refractivity (Wildman–Crippen MR) is 215 cm³/mol. The highest BCUT2D eigenvalue weighted by atomic mass is 31.2. The summed E-state index contributed by atoms with van der Waals surface area (Å²) in [5, 5.41) is 0. The Balaban J connectivity index is 4.08. The van der Waals surface area contributed by atoms with Gasteiger partial charge in [0.1, 0.15) is 6.10 Å². The molecule has 0 heterocycles. The van der Waals surface area contributed by atoms with Gasteiger partial charge in [0.25, 0.3) is 0 Å². The van der Waals surface area contributed by atoms with E-state index >= 15 is 0 Å². The summed E-state index contributed by atoms with van der Waals surface area (Å²) in [5.74, 6) is -0.346. The van der Waals surface area contributed by atoms with E-state index in [1.54, 1.807) is 0 Å². The van der Waals surface area contributed by atoms with Gasteiger partial charge in [-0.05, 0) is 70.6 Å². The number of rotatable bonds is 40. The fourth-order valence-electron chi connectivity index (χ4n) is 5.67. The molecule has 2 atom stereocenters. The molecule has 0 fully saturated rings. The minimum absolute atomic E-state index is 0.0966. The van der Waals surface area contributed by atoms with Crippen LogP contribution in [0.5, 0.6) is 0 Å². The zero-order valence-electron chi connectivity index (χ0n) is 33.1. The highest BCUT2D eigenvalue weighted by Gasteiger charge is 2.25. The zero-order valence-corrected chi connectivity index (χ0v) is 34.0. The minimum atomic E-state index is -4.28. The van der Waals surface area contributed by atoms with E-state index in [1.807, 2.05) is 0 Å². The lowest BCUT2D eigenvalue weighted by atomic mass is 10.1. The standard InChI is InChI=1S/C42H80NO7P/c1-3-5-7-9-11-13-15-17-19-21-23-25-27-29-31-33-35-42(44)50-41(40-49-51(45,46)48-38-36-43)39-47-37-34-32-30-28-26-24-22-20-18-16-14-12-10-8-6-4-2/h13,15,18-21,41H,3-12,14,16-17,22-40,43H2,1-2H3,(H,45,46)/b15-13-,20-18-,21-19-. The first-order valence-corrected chi connectivity index (χ1v) is 22.5. The summed E-state index contributed by atoms with van der Waals surface area (Å²) in [4.78, 5) is 22.4. The summed E-state index contributed by atoms with van der Waals surface area (Å²) in [5.41, 5.74) is 5.36. The molecule has 0 aliphatic carbocycles. The number of phosphoric ester groups is 1. The lowest BCUT2D eigenvalue weighted by molar-refractivity contribution is -0.154. The Hall–Kier alpha value is -1.28. The van der Waals surface area contributed by atoms with E-state index in [-0.39, 0.29) is 32.3 Å². The number of unbranched alkanes of at least 4 members (excludes halogenated alkanes) is 21. The Labute approximate surface area is 314 Å². The number of carbonyl (C=O) groups excluding carboxylic acids is 1. The maximum atomic E-state index is 12.6. The van der Waals surface area contributed by atoms with E-state index in [0.717, 1.165) is 57.8 Å². The van der Waals surface area contributed by atoms with E-state index in [2.05, 4.69) is 50.3 Å². The second-order valence-corrected chi connectivity index (χ2v) is 15.3. The molecule has 9 heteroatoms. The zero-order chi connectivity index (χ0) is 37.4. The van der Waals surface area contributed by atoms with Crippen molar-refractivity contribution in [1.29, 1.82) is 0 Å². The molecule has 0 radical (unpaired) electrons. The number of esters is 1. The van der Waals surface area contributed by atoms with Gasteiger partial charge in [-0.25, -0.2) is 4.57 Å². The quantitative estimate of drug-likeness (QED) is 0.0276. The molecule has 0 bridgehead atoms. The van der Waals surface area contributed by atoms with Crippen LogP contribution in [0.1, 0.15) is 187 Å². The van der Waals surface area contributed by atoms with Gasteiger partial charge in [0, 0.05) is 19.6 Å². The highest BCUT2D eigenvalue weighted by molar-refractivity contribution is 7.47. The number of phosphoric acid groups is 1. The van der Waals surface area contributed by atoms with Crippen LogP contribution in [-0.4, -0.2) is 49.9 Å². The summed E-state index contributed by atoms with van der Waals surface area (Å²) in [6.45, 7) is 4.87. The first-order chi connectivity index (χ1) is 24.9. The highest BCUT2D eigenvalue weighted by Crippen LogP contribution is 2.43. The SMILES string of the molecule is CCCCCC/C=C\C/C=C\CCCCCCCC(=O)OC(COCCCCCCCC/C=C\CCCCCCCC)COP(=O)(O)OCCN. The van der Waals surface area contributed by atoms with Crippen molar-refractivity contribution in [3.8, 4) is 0 Å². The van der Waals surface area contributed by atoms with Crippen LogP contribution in [0.15, 0.2) is 36.5 Å². The molecular weight excluding hydrogens is 661 g/mol.